The highest BCUT2D eigenvalue weighted by atomic mass is 32.2. The molecule has 0 amide bonds. The number of anilines is 1. The molecule has 3 rings (SSSR count). The van der Waals surface area contributed by atoms with E-state index in [1.807, 2.05) is 58.0 Å². The van der Waals surface area contributed by atoms with Crippen LogP contribution < -0.4 is 14.9 Å². The molecule has 1 aromatic heterocycles. The Labute approximate surface area is 197 Å². The summed E-state index contributed by atoms with van der Waals surface area (Å²) in [6, 6.07) is 19.6. The monoisotopic (exact) mass is 488 g/mol. The predicted octanol–water partition coefficient (Wildman–Crippen LogP) is 6.44. The van der Waals surface area contributed by atoms with E-state index in [0.29, 0.717) is 17.0 Å². The fraction of sp³-hybridized carbons (Fsp3) is 0.360. The first kappa shape index (κ1) is 25.1. The van der Waals surface area contributed by atoms with Gasteiger partial charge < -0.3 is 13.8 Å². The second kappa shape index (κ2) is 9.78. The Morgan fingerprint density at radius 2 is 1.64 bits per heavy atom. The number of benzene rings is 2. The van der Waals surface area contributed by atoms with Gasteiger partial charge in [-0.15, -0.1) is 4.15 Å². The third-order valence-electron chi connectivity index (χ3n) is 5.38. The number of rotatable bonds is 8. The lowest BCUT2D eigenvalue weighted by Gasteiger charge is -2.34. The third-order valence-corrected chi connectivity index (χ3v) is 11.2. The van der Waals surface area contributed by atoms with Crippen LogP contribution in [0.1, 0.15) is 40.4 Å². The van der Waals surface area contributed by atoms with Crippen molar-refractivity contribution in [2.75, 3.05) is 18.0 Å². The van der Waals surface area contributed by atoms with Gasteiger partial charge in [-0.3, -0.25) is 0 Å². The Kier molecular flexibility index (Phi) is 7.45. The fourth-order valence-electron chi connectivity index (χ4n) is 3.55. The molecule has 0 aliphatic heterocycles. The van der Waals surface area contributed by atoms with E-state index in [9.17, 15) is 8.42 Å². The molecule has 0 spiro atoms. The lowest BCUT2D eigenvalue weighted by atomic mass is 10.2. The van der Waals surface area contributed by atoms with E-state index in [1.165, 1.54) is 0 Å². The molecule has 1 heterocycles. The summed E-state index contributed by atoms with van der Waals surface area (Å²) >= 11 is 0. The van der Waals surface area contributed by atoms with Crippen molar-refractivity contribution in [2.24, 2.45) is 4.15 Å². The van der Waals surface area contributed by atoms with E-state index in [-0.39, 0.29) is 4.90 Å². The van der Waals surface area contributed by atoms with E-state index in [2.05, 4.69) is 22.9 Å². The lowest BCUT2D eigenvalue weighted by Crippen LogP contribution is -2.27. The molecule has 178 valence electrons. The van der Waals surface area contributed by atoms with E-state index < -0.39 is 22.5 Å². The standard InChI is InChI=1S/C25H33N2O4PS/c1-7-27(8-2)21-13-12-14-22(19-21)31-32(25(4,5)6,24-18-17-20(3)30-24)26-33(28,29)23-15-10-9-11-16-23/h9-19H,7-8H2,1-6H3/t32-/m1/s1. The highest BCUT2D eigenvalue weighted by Gasteiger charge is 2.43. The lowest BCUT2D eigenvalue weighted by molar-refractivity contribution is 0.526. The van der Waals surface area contributed by atoms with Crippen LogP contribution >= 0.6 is 7.28 Å². The number of hydrogen-bond acceptors (Lipinski definition) is 5. The van der Waals surface area contributed by atoms with Gasteiger partial charge in [0.15, 0.2) is 5.50 Å². The second-order valence-electron chi connectivity index (χ2n) is 8.76. The van der Waals surface area contributed by atoms with Crippen LogP contribution in [0.4, 0.5) is 5.69 Å². The maximum absolute atomic E-state index is 13.5. The SMILES string of the molecule is CCN(CC)c1cccc(O[P@](=NS(=O)(=O)c2ccccc2)(c2ccc(C)o2)C(C)(C)C)c1. The molecule has 8 heteroatoms. The first-order chi connectivity index (χ1) is 15.5. The van der Waals surface area contributed by atoms with Gasteiger partial charge in [0, 0.05) is 30.0 Å². The Balaban J connectivity index is 2.28. The summed E-state index contributed by atoms with van der Waals surface area (Å²) in [5.74, 6) is 1.23. The summed E-state index contributed by atoms with van der Waals surface area (Å²) in [6.45, 7) is 13.5. The Bertz CT molecular complexity index is 1240. The van der Waals surface area contributed by atoms with E-state index in [0.717, 1.165) is 18.8 Å². The van der Waals surface area contributed by atoms with Crippen LogP contribution in [0.15, 0.2) is 80.2 Å². The zero-order valence-electron chi connectivity index (χ0n) is 20.1. The molecule has 2 aromatic carbocycles. The number of furan rings is 1. The van der Waals surface area contributed by atoms with Crippen LogP contribution in [0, 0.1) is 6.92 Å². The van der Waals surface area contributed by atoms with Gasteiger partial charge in [-0.2, -0.15) is 8.42 Å². The summed E-state index contributed by atoms with van der Waals surface area (Å²) in [4.78, 5) is 2.33. The van der Waals surface area contributed by atoms with Gasteiger partial charge in [0.1, 0.15) is 11.5 Å². The van der Waals surface area contributed by atoms with Crippen molar-refractivity contribution >= 4 is 28.5 Å². The minimum absolute atomic E-state index is 0.127. The average molecular weight is 489 g/mol. The van der Waals surface area contributed by atoms with Crippen molar-refractivity contribution < 1.29 is 17.4 Å². The molecule has 0 aliphatic rings. The van der Waals surface area contributed by atoms with Gasteiger partial charge in [-0.25, -0.2) is 0 Å². The average Bonchev–Trinajstić information content (AvgIpc) is 3.21. The first-order valence-electron chi connectivity index (χ1n) is 11.1. The highest BCUT2D eigenvalue weighted by Crippen LogP contribution is 2.61. The minimum atomic E-state index is -4.02. The summed E-state index contributed by atoms with van der Waals surface area (Å²) in [6.07, 6.45) is 0. The molecular formula is C25H33N2O4PS. The molecule has 0 saturated heterocycles. The van der Waals surface area contributed by atoms with Gasteiger partial charge >= 0.3 is 0 Å². The topological polar surface area (TPSA) is 72.1 Å². The van der Waals surface area contributed by atoms with Crippen LogP contribution in [0.3, 0.4) is 0 Å². The Morgan fingerprint density at radius 3 is 2.18 bits per heavy atom. The second-order valence-corrected chi connectivity index (χ2v) is 14.0. The molecule has 0 fully saturated rings. The molecule has 1 atom stereocenters. The van der Waals surface area contributed by atoms with Crippen LogP contribution in [-0.4, -0.2) is 26.7 Å². The molecule has 6 nitrogen and oxygen atoms in total. The molecule has 0 bridgehead atoms. The molecule has 0 radical (unpaired) electrons. The quantitative estimate of drug-likeness (QED) is 0.341. The normalized spacial score (nSPS) is 13.9. The predicted molar refractivity (Wildman–Crippen MR) is 136 cm³/mol. The summed E-state index contributed by atoms with van der Waals surface area (Å²) in [5, 5.41) is -0.662. The van der Waals surface area contributed by atoms with Crippen LogP contribution in [-0.2, 0) is 10.0 Å². The van der Waals surface area contributed by atoms with Crippen molar-refractivity contribution in [1.29, 1.82) is 0 Å². The smallest absolute Gasteiger partial charge is 0.284 e. The molecule has 0 saturated carbocycles. The molecule has 0 unspecified atom stereocenters. The van der Waals surface area contributed by atoms with Gasteiger partial charge in [0.25, 0.3) is 10.0 Å². The fourth-order valence-corrected chi connectivity index (χ4v) is 9.06. The molecule has 0 aliphatic carbocycles. The zero-order valence-corrected chi connectivity index (χ0v) is 21.9. The minimum Gasteiger partial charge on any atom is -0.457 e. The van der Waals surface area contributed by atoms with Crippen molar-refractivity contribution in [3.05, 3.63) is 72.5 Å². The summed E-state index contributed by atoms with van der Waals surface area (Å²) in [5.41, 5.74) is 1.45. The number of hydrogen-bond donors (Lipinski definition) is 0. The Hall–Kier alpha value is -2.50. The first-order valence-corrected chi connectivity index (χ1v) is 14.2. The van der Waals surface area contributed by atoms with Crippen molar-refractivity contribution in [3.8, 4) is 5.75 Å². The van der Waals surface area contributed by atoms with E-state index in [4.69, 9.17) is 8.94 Å². The number of sulfonamides is 1. The number of aryl methyl sites for hydroxylation is 1. The van der Waals surface area contributed by atoms with Crippen molar-refractivity contribution in [2.45, 2.75) is 51.6 Å². The zero-order chi connectivity index (χ0) is 24.3. The molecular weight excluding hydrogens is 455 g/mol. The van der Waals surface area contributed by atoms with Gasteiger partial charge in [0.05, 0.1) is 4.90 Å². The third kappa shape index (κ3) is 5.36. The van der Waals surface area contributed by atoms with Crippen LogP contribution in [0.25, 0.3) is 0 Å². The van der Waals surface area contributed by atoms with Crippen LogP contribution in [0.5, 0.6) is 5.75 Å². The van der Waals surface area contributed by atoms with Crippen molar-refractivity contribution in [3.63, 3.8) is 0 Å². The maximum Gasteiger partial charge on any atom is 0.284 e. The van der Waals surface area contributed by atoms with Crippen LogP contribution in [0.2, 0.25) is 0 Å². The van der Waals surface area contributed by atoms with Crippen molar-refractivity contribution in [1.82, 2.24) is 0 Å². The highest BCUT2D eigenvalue weighted by molar-refractivity contribution is 7.95. The van der Waals surface area contributed by atoms with E-state index in [1.54, 1.807) is 36.4 Å². The van der Waals surface area contributed by atoms with E-state index >= 15 is 0 Å². The molecule has 3 aromatic rings. The summed E-state index contributed by atoms with van der Waals surface area (Å²) < 4.78 is 44.1. The largest absolute Gasteiger partial charge is 0.457 e. The Morgan fingerprint density at radius 1 is 0.970 bits per heavy atom. The maximum atomic E-state index is 13.5. The van der Waals surface area contributed by atoms with Gasteiger partial charge in [-0.05, 0) is 57.2 Å². The number of nitrogens with zero attached hydrogens (tertiary/aromatic N) is 2. The van der Waals surface area contributed by atoms with Gasteiger partial charge in [-0.1, -0.05) is 45.0 Å². The summed E-state index contributed by atoms with van der Waals surface area (Å²) in [7, 11) is -7.25. The van der Waals surface area contributed by atoms with Gasteiger partial charge in [0.2, 0.25) is 7.28 Å². The molecule has 33 heavy (non-hydrogen) atoms. The molecule has 0 N–H and O–H groups in total.